The highest BCUT2D eigenvalue weighted by Gasteiger charge is 2.36. The lowest BCUT2D eigenvalue weighted by molar-refractivity contribution is 0.138. The van der Waals surface area contributed by atoms with Gasteiger partial charge in [-0.25, -0.2) is 13.1 Å². The summed E-state index contributed by atoms with van der Waals surface area (Å²) in [5.74, 6) is 0. The third kappa shape index (κ3) is 4.11. The largest absolute Gasteiger partial charge is 0.355 e. The minimum Gasteiger partial charge on any atom is -0.355 e. The molecule has 0 aliphatic heterocycles. The van der Waals surface area contributed by atoms with Crippen LogP contribution in [0.4, 0.5) is 0 Å². The van der Waals surface area contributed by atoms with Gasteiger partial charge in [0.05, 0.1) is 10.3 Å². The van der Waals surface area contributed by atoms with E-state index >= 15 is 0 Å². The Labute approximate surface area is 222 Å². The van der Waals surface area contributed by atoms with Gasteiger partial charge in [-0.3, -0.25) is 9.69 Å². The number of sulfonamides is 1. The van der Waals surface area contributed by atoms with Gasteiger partial charge in [0.2, 0.25) is 10.0 Å². The molecule has 0 fully saturated rings. The van der Waals surface area contributed by atoms with Gasteiger partial charge in [0.25, 0.3) is 0 Å². The van der Waals surface area contributed by atoms with Gasteiger partial charge in [0.15, 0.2) is 5.43 Å². The zero-order valence-corrected chi connectivity index (χ0v) is 22.4. The summed E-state index contributed by atoms with van der Waals surface area (Å²) >= 11 is 0. The molecule has 6 rings (SSSR count). The van der Waals surface area contributed by atoms with Crippen LogP contribution in [0.1, 0.15) is 36.1 Å². The molecule has 1 unspecified atom stereocenters. The number of para-hydroxylation sites is 1. The molecular formula is C31H31N3O3S. The summed E-state index contributed by atoms with van der Waals surface area (Å²) in [6.07, 6.45) is 5.69. The average Bonchev–Trinajstić information content (AvgIpc) is 3.45. The smallest absolute Gasteiger partial charge is 0.241 e. The molecule has 0 saturated carbocycles. The summed E-state index contributed by atoms with van der Waals surface area (Å²) in [6.45, 7) is 0.244. The second kappa shape index (κ2) is 9.34. The Balaban J connectivity index is 1.28. The monoisotopic (exact) mass is 525 g/mol. The molecule has 6 nitrogen and oxygen atoms in total. The van der Waals surface area contributed by atoms with Crippen LogP contribution in [0.5, 0.6) is 0 Å². The maximum atomic E-state index is 13.0. The van der Waals surface area contributed by atoms with E-state index in [1.165, 1.54) is 17.2 Å². The second-order valence-corrected chi connectivity index (χ2v) is 12.1. The van der Waals surface area contributed by atoms with E-state index in [0.717, 1.165) is 41.4 Å². The Hall–Kier alpha value is -3.52. The topological polar surface area (TPSA) is 82.3 Å². The van der Waals surface area contributed by atoms with Crippen molar-refractivity contribution in [2.75, 3.05) is 20.6 Å². The molecule has 7 heteroatoms. The fraction of sp³-hybridized carbons (Fsp3) is 0.258. The molecule has 0 spiro atoms. The van der Waals surface area contributed by atoms with Gasteiger partial charge >= 0.3 is 0 Å². The van der Waals surface area contributed by atoms with E-state index in [1.54, 1.807) is 12.1 Å². The van der Waals surface area contributed by atoms with E-state index in [0.29, 0.717) is 17.2 Å². The van der Waals surface area contributed by atoms with Gasteiger partial charge < -0.3 is 4.98 Å². The van der Waals surface area contributed by atoms with Crippen LogP contribution in [-0.2, 0) is 22.0 Å². The van der Waals surface area contributed by atoms with Crippen molar-refractivity contribution < 1.29 is 8.42 Å². The number of rotatable bonds is 8. The standard InChI is InChI=1S/C31H31N3O3S/c1-34(2)31(22-9-4-3-5-10-22)18-15-21(16-19-31)29-24(23-11-6-7-13-26(23)33-29)17-20-32-38(36,37)27-14-8-12-25-28(27)30(25)35/h3-15,32-33H,16-20H2,1-2H3. The molecule has 1 aromatic heterocycles. The van der Waals surface area contributed by atoms with E-state index in [2.05, 4.69) is 77.2 Å². The third-order valence-corrected chi connectivity index (χ3v) is 9.69. The van der Waals surface area contributed by atoms with Crippen LogP contribution in [0, 0.1) is 0 Å². The molecule has 38 heavy (non-hydrogen) atoms. The van der Waals surface area contributed by atoms with Crippen molar-refractivity contribution in [3.63, 3.8) is 0 Å². The first-order valence-electron chi connectivity index (χ1n) is 13.0. The summed E-state index contributed by atoms with van der Waals surface area (Å²) in [4.78, 5) is 17.9. The first kappa shape index (κ1) is 24.8. The quantitative estimate of drug-likeness (QED) is 0.295. The minimum atomic E-state index is -3.77. The zero-order valence-electron chi connectivity index (χ0n) is 21.6. The summed E-state index contributed by atoms with van der Waals surface area (Å²) in [5, 5.41) is 1.93. The summed E-state index contributed by atoms with van der Waals surface area (Å²) in [7, 11) is 0.529. The van der Waals surface area contributed by atoms with Gasteiger partial charge in [0, 0.05) is 34.1 Å². The maximum absolute atomic E-state index is 13.0. The van der Waals surface area contributed by atoms with Crippen LogP contribution in [0.15, 0.2) is 88.6 Å². The fourth-order valence-corrected chi connectivity index (χ4v) is 7.24. The Morgan fingerprint density at radius 3 is 2.42 bits per heavy atom. The van der Waals surface area contributed by atoms with Gasteiger partial charge in [-0.05, 0) is 68.6 Å². The fourth-order valence-electron chi connectivity index (χ4n) is 5.99. The summed E-state index contributed by atoms with van der Waals surface area (Å²) in [5.41, 5.74) is 5.62. The van der Waals surface area contributed by atoms with Gasteiger partial charge in [-0.2, -0.15) is 0 Å². The van der Waals surface area contributed by atoms with E-state index in [-0.39, 0.29) is 22.4 Å². The van der Waals surface area contributed by atoms with Crippen molar-refractivity contribution in [1.82, 2.24) is 14.6 Å². The Morgan fingerprint density at radius 2 is 1.68 bits per heavy atom. The van der Waals surface area contributed by atoms with Crippen LogP contribution in [0.3, 0.4) is 0 Å². The van der Waals surface area contributed by atoms with E-state index < -0.39 is 10.0 Å². The number of hydrogen-bond donors (Lipinski definition) is 2. The number of aromatic nitrogens is 1. The highest BCUT2D eigenvalue weighted by atomic mass is 32.2. The van der Waals surface area contributed by atoms with Crippen molar-refractivity contribution in [1.29, 1.82) is 0 Å². The van der Waals surface area contributed by atoms with Gasteiger partial charge in [-0.1, -0.05) is 66.7 Å². The van der Waals surface area contributed by atoms with Crippen molar-refractivity contribution in [3.8, 4) is 0 Å². The van der Waals surface area contributed by atoms with Crippen LogP contribution >= 0.6 is 0 Å². The molecule has 1 atom stereocenters. The number of fused-ring (bicyclic) bond motifs is 2. The Morgan fingerprint density at radius 1 is 0.947 bits per heavy atom. The molecule has 1 heterocycles. The van der Waals surface area contributed by atoms with Crippen molar-refractivity contribution in [3.05, 3.63) is 106 Å². The highest BCUT2D eigenvalue weighted by molar-refractivity contribution is 7.89. The molecule has 0 radical (unpaired) electrons. The predicted molar refractivity (Wildman–Crippen MR) is 153 cm³/mol. The Kier molecular flexibility index (Phi) is 6.10. The zero-order chi connectivity index (χ0) is 26.5. The van der Waals surface area contributed by atoms with Crippen molar-refractivity contribution in [2.24, 2.45) is 0 Å². The molecule has 0 bridgehead atoms. The molecular weight excluding hydrogens is 494 g/mol. The number of hydrogen-bond acceptors (Lipinski definition) is 4. The third-order valence-electron chi connectivity index (χ3n) is 8.19. The molecule has 0 amide bonds. The lowest BCUT2D eigenvalue weighted by atomic mass is 9.75. The molecule has 1 aliphatic carbocycles. The molecule has 2 N–H and O–H groups in total. The van der Waals surface area contributed by atoms with Crippen LogP contribution < -0.4 is 10.2 Å². The predicted octanol–water partition coefficient (Wildman–Crippen LogP) is 5.10. The SMILES string of the molecule is CN(C)C1(c2ccccc2)CC=C(c2[nH]c3ccccc3c2CCNS(=O)(=O)c2cccc3c(=O)c23)CC1. The number of nitrogens with one attached hydrogen (secondary N) is 2. The first-order chi connectivity index (χ1) is 18.3. The van der Waals surface area contributed by atoms with Crippen molar-refractivity contribution >= 4 is 37.3 Å². The molecule has 1 aliphatic rings. The Bertz CT molecular complexity index is 1790. The average molecular weight is 526 g/mol. The van der Waals surface area contributed by atoms with E-state index in [9.17, 15) is 13.2 Å². The lowest BCUT2D eigenvalue weighted by Gasteiger charge is -2.43. The van der Waals surface area contributed by atoms with E-state index in [4.69, 9.17) is 0 Å². The molecule has 194 valence electrons. The number of nitrogens with zero attached hydrogens (tertiary/aromatic N) is 1. The first-order valence-corrected chi connectivity index (χ1v) is 14.5. The molecule has 4 aromatic carbocycles. The maximum Gasteiger partial charge on any atom is 0.241 e. The second-order valence-electron chi connectivity index (χ2n) is 10.4. The minimum absolute atomic E-state index is 0.0531. The number of benzene rings is 3. The molecule has 5 aromatic rings. The number of aromatic amines is 1. The van der Waals surface area contributed by atoms with Crippen LogP contribution in [0.2, 0.25) is 0 Å². The summed E-state index contributed by atoms with van der Waals surface area (Å²) < 4.78 is 28.7. The molecule has 0 saturated heterocycles. The summed E-state index contributed by atoms with van der Waals surface area (Å²) in [6, 6.07) is 23.7. The lowest BCUT2D eigenvalue weighted by Crippen LogP contribution is -2.42. The highest BCUT2D eigenvalue weighted by Crippen LogP contribution is 2.43. The number of H-pyrrole nitrogens is 1. The van der Waals surface area contributed by atoms with Crippen LogP contribution in [0.25, 0.3) is 27.2 Å². The number of allylic oxidation sites excluding steroid dienone is 1. The van der Waals surface area contributed by atoms with Crippen molar-refractivity contribution in [2.45, 2.75) is 36.1 Å². The van der Waals surface area contributed by atoms with Gasteiger partial charge in [-0.15, -0.1) is 0 Å². The van der Waals surface area contributed by atoms with E-state index in [1.807, 2.05) is 12.1 Å². The van der Waals surface area contributed by atoms with Gasteiger partial charge in [0.1, 0.15) is 0 Å². The normalized spacial score (nSPS) is 18.6. The van der Waals surface area contributed by atoms with Crippen LogP contribution in [-0.4, -0.2) is 38.9 Å².